The van der Waals surface area contributed by atoms with Crippen molar-refractivity contribution in [3.63, 3.8) is 0 Å². The zero-order valence-electron chi connectivity index (χ0n) is 18.9. The van der Waals surface area contributed by atoms with E-state index in [-0.39, 0.29) is 5.91 Å². The molecule has 0 aliphatic rings. The second-order valence-electron chi connectivity index (χ2n) is 8.28. The van der Waals surface area contributed by atoms with E-state index in [1.54, 1.807) is 4.90 Å². The zero-order valence-corrected chi connectivity index (χ0v) is 20.5. The maximum absolute atomic E-state index is 14.1. The van der Waals surface area contributed by atoms with E-state index in [2.05, 4.69) is 4.90 Å². The molecule has 5 rings (SSSR count). The molecule has 0 aliphatic heterocycles. The van der Waals surface area contributed by atoms with Crippen molar-refractivity contribution in [1.82, 2.24) is 14.9 Å². The van der Waals surface area contributed by atoms with Gasteiger partial charge in [-0.05, 0) is 38.4 Å². The van der Waals surface area contributed by atoms with Gasteiger partial charge in [0.2, 0.25) is 0 Å². The first-order valence-electron chi connectivity index (χ1n) is 11.0. The minimum absolute atomic E-state index is 0.104. The molecule has 170 valence electrons. The van der Waals surface area contributed by atoms with Gasteiger partial charge in [0.05, 0.1) is 26.5 Å². The van der Waals surface area contributed by atoms with Crippen molar-refractivity contribution in [2.75, 3.05) is 32.1 Å². The number of para-hydroxylation sites is 2. The molecule has 34 heavy (non-hydrogen) atoms. The molecule has 0 atom stereocenters. The number of amides is 1. The lowest BCUT2D eigenvalue weighted by Crippen LogP contribution is -2.37. The van der Waals surface area contributed by atoms with Crippen molar-refractivity contribution < 1.29 is 4.79 Å². The number of hydrogen-bond donors (Lipinski definition) is 0. The summed E-state index contributed by atoms with van der Waals surface area (Å²) in [6.07, 6.45) is 0. The van der Waals surface area contributed by atoms with Crippen LogP contribution in [0.4, 0.5) is 5.13 Å². The fourth-order valence-corrected chi connectivity index (χ4v) is 5.15. The SMILES string of the molecule is CN(C)CCN(C(=O)c1cc(-c2ccccc2)nc2ccccc12)c1nc2c(Cl)cccc2s1. The first-order valence-corrected chi connectivity index (χ1v) is 12.2. The normalized spacial score (nSPS) is 11.4. The molecular weight excluding hydrogens is 464 g/mol. The predicted molar refractivity (Wildman–Crippen MR) is 142 cm³/mol. The van der Waals surface area contributed by atoms with Crippen molar-refractivity contribution in [2.45, 2.75) is 0 Å². The highest BCUT2D eigenvalue weighted by atomic mass is 35.5. The molecule has 3 aromatic carbocycles. The summed E-state index contributed by atoms with van der Waals surface area (Å²) >= 11 is 7.87. The monoisotopic (exact) mass is 486 g/mol. The molecule has 0 bridgehead atoms. The number of benzene rings is 3. The number of halogens is 1. The van der Waals surface area contributed by atoms with E-state index in [1.165, 1.54) is 11.3 Å². The average molecular weight is 487 g/mol. The van der Waals surface area contributed by atoms with Crippen LogP contribution in [0, 0.1) is 0 Å². The molecular formula is C27H23ClN4OS. The van der Waals surface area contributed by atoms with Gasteiger partial charge in [-0.25, -0.2) is 9.97 Å². The third-order valence-corrected chi connectivity index (χ3v) is 6.97. The summed E-state index contributed by atoms with van der Waals surface area (Å²) in [5.41, 5.74) is 3.84. The van der Waals surface area contributed by atoms with Gasteiger partial charge >= 0.3 is 0 Å². The molecule has 0 unspecified atom stereocenters. The van der Waals surface area contributed by atoms with Crippen LogP contribution >= 0.6 is 22.9 Å². The standard InChI is InChI=1S/C27H23ClN4OS/c1-31(2)15-16-32(27-30-25-21(28)12-8-14-24(25)34-27)26(33)20-17-23(18-9-4-3-5-10-18)29-22-13-7-6-11-19(20)22/h3-14,17H,15-16H2,1-2H3. The largest absolute Gasteiger partial charge is 0.308 e. The Morgan fingerprint density at radius 3 is 2.44 bits per heavy atom. The van der Waals surface area contributed by atoms with Crippen LogP contribution in [-0.4, -0.2) is 48.0 Å². The summed E-state index contributed by atoms with van der Waals surface area (Å²) in [4.78, 5) is 27.5. The van der Waals surface area contributed by atoms with Crippen LogP contribution in [0.1, 0.15) is 10.4 Å². The van der Waals surface area contributed by atoms with Crippen LogP contribution in [0.15, 0.2) is 78.9 Å². The van der Waals surface area contributed by atoms with Crippen molar-refractivity contribution in [3.05, 3.63) is 89.4 Å². The summed E-state index contributed by atoms with van der Waals surface area (Å²) in [6, 6.07) is 25.3. The smallest absolute Gasteiger partial charge is 0.260 e. The third-order valence-electron chi connectivity index (χ3n) is 5.62. The highest BCUT2D eigenvalue weighted by molar-refractivity contribution is 7.22. The summed E-state index contributed by atoms with van der Waals surface area (Å²) in [6.45, 7) is 1.20. The summed E-state index contributed by atoms with van der Waals surface area (Å²) in [7, 11) is 3.99. The average Bonchev–Trinajstić information content (AvgIpc) is 3.29. The molecule has 5 aromatic rings. The summed E-state index contributed by atoms with van der Waals surface area (Å²) < 4.78 is 0.953. The number of nitrogens with zero attached hydrogens (tertiary/aromatic N) is 4. The second kappa shape index (κ2) is 9.50. The van der Waals surface area contributed by atoms with Crippen molar-refractivity contribution in [1.29, 1.82) is 0 Å². The van der Waals surface area contributed by atoms with Crippen LogP contribution in [0.5, 0.6) is 0 Å². The molecule has 2 aromatic heterocycles. The van der Waals surface area contributed by atoms with Gasteiger partial charge in [-0.2, -0.15) is 0 Å². The molecule has 0 saturated heterocycles. The number of rotatable bonds is 6. The number of anilines is 1. The molecule has 0 spiro atoms. The Bertz CT molecular complexity index is 1480. The van der Waals surface area contributed by atoms with Crippen LogP contribution in [0.3, 0.4) is 0 Å². The molecule has 5 nitrogen and oxygen atoms in total. The number of likely N-dealkylation sites (N-methyl/N-ethyl adjacent to an activating group) is 1. The number of pyridine rings is 1. The molecule has 0 aliphatic carbocycles. The summed E-state index contributed by atoms with van der Waals surface area (Å²) in [5, 5.41) is 2.04. The van der Waals surface area contributed by atoms with Gasteiger partial charge in [-0.1, -0.05) is 77.5 Å². The first-order chi connectivity index (χ1) is 16.5. The van der Waals surface area contributed by atoms with Gasteiger partial charge in [0.1, 0.15) is 5.52 Å². The molecule has 0 N–H and O–H groups in total. The Balaban J connectivity index is 1.65. The molecule has 0 fully saturated rings. The topological polar surface area (TPSA) is 49.3 Å². The third kappa shape index (κ3) is 4.40. The Morgan fingerprint density at radius 1 is 0.912 bits per heavy atom. The van der Waals surface area contributed by atoms with Crippen molar-refractivity contribution in [3.8, 4) is 11.3 Å². The van der Waals surface area contributed by atoms with Gasteiger partial charge in [0, 0.05) is 24.0 Å². The van der Waals surface area contributed by atoms with E-state index >= 15 is 0 Å². The van der Waals surface area contributed by atoms with Crippen LogP contribution in [0.25, 0.3) is 32.4 Å². The minimum Gasteiger partial charge on any atom is -0.308 e. The zero-order chi connectivity index (χ0) is 23.7. The van der Waals surface area contributed by atoms with Crippen LogP contribution in [0.2, 0.25) is 5.02 Å². The molecule has 0 radical (unpaired) electrons. The summed E-state index contributed by atoms with van der Waals surface area (Å²) in [5.74, 6) is -0.104. The highest BCUT2D eigenvalue weighted by Gasteiger charge is 2.24. The van der Waals surface area contributed by atoms with E-state index in [1.807, 2.05) is 93.0 Å². The van der Waals surface area contributed by atoms with Gasteiger partial charge < -0.3 is 4.90 Å². The lowest BCUT2D eigenvalue weighted by Gasteiger charge is -2.23. The quantitative estimate of drug-likeness (QED) is 0.279. The van der Waals surface area contributed by atoms with E-state index in [9.17, 15) is 4.79 Å². The fraction of sp³-hybridized carbons (Fsp3) is 0.148. The number of aromatic nitrogens is 2. The highest BCUT2D eigenvalue weighted by Crippen LogP contribution is 2.34. The molecule has 0 saturated carbocycles. The lowest BCUT2D eigenvalue weighted by molar-refractivity contribution is 0.0986. The van der Waals surface area contributed by atoms with Crippen LogP contribution < -0.4 is 4.90 Å². The Morgan fingerprint density at radius 2 is 1.68 bits per heavy atom. The number of fused-ring (bicyclic) bond motifs is 2. The number of thiazole rings is 1. The van der Waals surface area contributed by atoms with Crippen molar-refractivity contribution in [2.24, 2.45) is 0 Å². The second-order valence-corrected chi connectivity index (χ2v) is 9.70. The van der Waals surface area contributed by atoms with Gasteiger partial charge in [0.15, 0.2) is 5.13 Å². The van der Waals surface area contributed by atoms with E-state index in [4.69, 9.17) is 21.6 Å². The first kappa shape index (κ1) is 22.5. The van der Waals surface area contributed by atoms with E-state index < -0.39 is 0 Å². The number of carbonyl (C=O) groups is 1. The maximum atomic E-state index is 14.1. The Hall–Kier alpha value is -3.32. The molecule has 7 heteroatoms. The Kier molecular flexibility index (Phi) is 6.28. The minimum atomic E-state index is -0.104. The molecule has 2 heterocycles. The Labute approximate surface area is 207 Å². The van der Waals surface area contributed by atoms with Crippen molar-refractivity contribution >= 4 is 55.1 Å². The fourth-order valence-electron chi connectivity index (χ4n) is 3.86. The molecule has 1 amide bonds. The van der Waals surface area contributed by atoms with Gasteiger partial charge in [0.25, 0.3) is 5.91 Å². The van der Waals surface area contributed by atoms with Crippen LogP contribution in [-0.2, 0) is 0 Å². The number of carbonyl (C=O) groups excluding carboxylic acids is 1. The van der Waals surface area contributed by atoms with E-state index in [0.717, 1.165) is 32.4 Å². The number of hydrogen-bond acceptors (Lipinski definition) is 5. The predicted octanol–water partition coefficient (Wildman–Crippen LogP) is 6.37. The maximum Gasteiger partial charge on any atom is 0.260 e. The van der Waals surface area contributed by atoms with Gasteiger partial charge in [-0.3, -0.25) is 9.69 Å². The lowest BCUT2D eigenvalue weighted by atomic mass is 10.0. The van der Waals surface area contributed by atoms with E-state index in [0.29, 0.717) is 28.8 Å². The van der Waals surface area contributed by atoms with Gasteiger partial charge in [-0.15, -0.1) is 0 Å².